The van der Waals surface area contributed by atoms with Crippen LogP contribution in [-0.2, 0) is 17.5 Å². The molecule has 2 aromatic heterocycles. The van der Waals surface area contributed by atoms with Crippen LogP contribution in [-0.4, -0.2) is 40.7 Å². The Hall–Kier alpha value is -3.30. The standard InChI is InChI=1S/C21H22F3N5O2/c1-31-17-4-2-3-14(11-17)12-25-19(30)15-7-9-28(10-8-15)20-27-26-18-6-5-16(13-29(18)20)21(22,23)24/h2-6,11,13,15H,7-10,12H2,1H3,(H,25,30). The van der Waals surface area contributed by atoms with E-state index in [1.165, 1.54) is 10.5 Å². The Morgan fingerprint density at radius 1 is 1.19 bits per heavy atom. The molecule has 3 aromatic rings. The number of benzene rings is 1. The largest absolute Gasteiger partial charge is 0.497 e. The molecule has 4 rings (SSSR count). The second kappa shape index (κ2) is 8.44. The van der Waals surface area contributed by atoms with E-state index in [2.05, 4.69) is 15.5 Å². The van der Waals surface area contributed by atoms with Crippen LogP contribution < -0.4 is 15.0 Å². The van der Waals surface area contributed by atoms with E-state index in [9.17, 15) is 18.0 Å². The number of rotatable bonds is 5. The van der Waals surface area contributed by atoms with Gasteiger partial charge in [-0.1, -0.05) is 12.1 Å². The maximum atomic E-state index is 13.1. The van der Waals surface area contributed by atoms with E-state index >= 15 is 0 Å². The van der Waals surface area contributed by atoms with E-state index in [-0.39, 0.29) is 11.8 Å². The third kappa shape index (κ3) is 4.57. The number of ether oxygens (including phenoxy) is 1. The van der Waals surface area contributed by atoms with Crippen molar-refractivity contribution in [1.29, 1.82) is 0 Å². The number of alkyl halides is 3. The minimum absolute atomic E-state index is 0.0343. The molecule has 1 N–H and O–H groups in total. The van der Waals surface area contributed by atoms with Crippen LogP contribution in [0.5, 0.6) is 5.75 Å². The number of aromatic nitrogens is 3. The summed E-state index contributed by atoms with van der Waals surface area (Å²) in [5.41, 5.74) is 0.537. The number of amides is 1. The van der Waals surface area contributed by atoms with Crippen molar-refractivity contribution in [3.05, 3.63) is 53.7 Å². The van der Waals surface area contributed by atoms with Crippen LogP contribution in [0.15, 0.2) is 42.6 Å². The summed E-state index contributed by atoms with van der Waals surface area (Å²) in [6.45, 7) is 1.42. The first kappa shape index (κ1) is 21.0. The highest BCUT2D eigenvalue weighted by atomic mass is 19.4. The summed E-state index contributed by atoms with van der Waals surface area (Å²) in [4.78, 5) is 14.4. The van der Waals surface area contributed by atoms with Gasteiger partial charge in [0.2, 0.25) is 11.9 Å². The van der Waals surface area contributed by atoms with Gasteiger partial charge < -0.3 is 15.0 Å². The minimum atomic E-state index is -4.44. The molecular weight excluding hydrogens is 411 g/mol. The maximum Gasteiger partial charge on any atom is 0.417 e. The van der Waals surface area contributed by atoms with E-state index in [4.69, 9.17) is 4.74 Å². The third-order valence-corrected chi connectivity index (χ3v) is 5.46. The van der Waals surface area contributed by atoms with Crippen molar-refractivity contribution in [2.24, 2.45) is 5.92 Å². The van der Waals surface area contributed by atoms with Gasteiger partial charge in [0, 0.05) is 31.7 Å². The van der Waals surface area contributed by atoms with Crippen LogP contribution in [0.25, 0.3) is 5.65 Å². The molecule has 0 aliphatic carbocycles. The quantitative estimate of drug-likeness (QED) is 0.669. The van der Waals surface area contributed by atoms with Crippen molar-refractivity contribution in [3.8, 4) is 5.75 Å². The molecule has 1 amide bonds. The first-order chi connectivity index (χ1) is 14.8. The highest BCUT2D eigenvalue weighted by Gasteiger charge is 2.32. The second-order valence-corrected chi connectivity index (χ2v) is 7.47. The van der Waals surface area contributed by atoms with E-state index in [1.807, 2.05) is 29.2 Å². The Balaban J connectivity index is 1.37. The van der Waals surface area contributed by atoms with E-state index < -0.39 is 11.7 Å². The van der Waals surface area contributed by atoms with Gasteiger partial charge in [-0.05, 0) is 42.7 Å². The van der Waals surface area contributed by atoms with Gasteiger partial charge in [-0.25, -0.2) is 0 Å². The van der Waals surface area contributed by atoms with Gasteiger partial charge in [-0.2, -0.15) is 13.2 Å². The Kier molecular flexibility index (Phi) is 5.71. The van der Waals surface area contributed by atoms with Gasteiger partial charge in [0.25, 0.3) is 0 Å². The number of hydrogen-bond donors (Lipinski definition) is 1. The zero-order chi connectivity index (χ0) is 22.0. The summed E-state index contributed by atoms with van der Waals surface area (Å²) >= 11 is 0. The number of carbonyl (C=O) groups excluding carboxylic acids is 1. The fourth-order valence-corrected chi connectivity index (χ4v) is 3.72. The molecule has 3 heterocycles. The number of carbonyl (C=O) groups is 1. The normalized spacial score (nSPS) is 15.3. The van der Waals surface area contributed by atoms with Crippen molar-refractivity contribution >= 4 is 17.5 Å². The SMILES string of the molecule is COc1cccc(CNC(=O)C2CCN(c3nnc4ccc(C(F)(F)F)cn34)CC2)c1. The lowest BCUT2D eigenvalue weighted by atomic mass is 9.96. The van der Waals surface area contributed by atoms with E-state index in [0.29, 0.717) is 44.1 Å². The smallest absolute Gasteiger partial charge is 0.417 e. The van der Waals surface area contributed by atoms with Crippen molar-refractivity contribution in [3.63, 3.8) is 0 Å². The lowest BCUT2D eigenvalue weighted by Gasteiger charge is -2.31. The zero-order valence-corrected chi connectivity index (χ0v) is 16.9. The lowest BCUT2D eigenvalue weighted by molar-refractivity contribution is -0.137. The first-order valence-electron chi connectivity index (χ1n) is 9.93. The molecule has 1 aliphatic heterocycles. The number of methoxy groups -OCH3 is 1. The van der Waals surface area contributed by atoms with Gasteiger partial charge in [-0.3, -0.25) is 9.20 Å². The predicted octanol–water partition coefficient (Wildman–Crippen LogP) is 3.29. The maximum absolute atomic E-state index is 13.1. The Labute approximate surface area is 176 Å². The number of hydrogen-bond acceptors (Lipinski definition) is 5. The van der Waals surface area contributed by atoms with Crippen LogP contribution >= 0.6 is 0 Å². The molecule has 1 aliphatic rings. The van der Waals surface area contributed by atoms with E-state index in [1.54, 1.807) is 7.11 Å². The Morgan fingerprint density at radius 3 is 2.68 bits per heavy atom. The number of nitrogens with one attached hydrogen (secondary N) is 1. The Bertz CT molecular complexity index is 1070. The van der Waals surface area contributed by atoms with Gasteiger partial charge >= 0.3 is 6.18 Å². The van der Waals surface area contributed by atoms with Crippen LogP contribution in [0.1, 0.15) is 24.0 Å². The van der Waals surface area contributed by atoms with Crippen LogP contribution in [0.2, 0.25) is 0 Å². The van der Waals surface area contributed by atoms with Gasteiger partial charge in [0.05, 0.1) is 12.7 Å². The van der Waals surface area contributed by atoms with Gasteiger partial charge in [0.15, 0.2) is 5.65 Å². The molecule has 0 saturated carbocycles. The average molecular weight is 433 g/mol. The second-order valence-electron chi connectivity index (χ2n) is 7.47. The zero-order valence-electron chi connectivity index (χ0n) is 16.9. The summed E-state index contributed by atoms with van der Waals surface area (Å²) in [7, 11) is 1.59. The van der Waals surface area contributed by atoms with E-state index in [0.717, 1.165) is 23.6 Å². The van der Waals surface area contributed by atoms with Crippen LogP contribution in [0, 0.1) is 5.92 Å². The fraction of sp³-hybridized carbons (Fsp3) is 0.381. The minimum Gasteiger partial charge on any atom is -0.497 e. The third-order valence-electron chi connectivity index (χ3n) is 5.46. The highest BCUT2D eigenvalue weighted by Crippen LogP contribution is 2.30. The fourth-order valence-electron chi connectivity index (χ4n) is 3.72. The van der Waals surface area contributed by atoms with Crippen molar-refractivity contribution in [2.45, 2.75) is 25.6 Å². The van der Waals surface area contributed by atoms with Gasteiger partial charge in [-0.15, -0.1) is 10.2 Å². The Morgan fingerprint density at radius 2 is 1.97 bits per heavy atom. The molecular formula is C21H22F3N5O2. The number of piperidine rings is 1. The molecule has 0 spiro atoms. The van der Waals surface area contributed by atoms with Crippen molar-refractivity contribution in [2.75, 3.05) is 25.1 Å². The first-order valence-corrected chi connectivity index (χ1v) is 9.93. The summed E-state index contributed by atoms with van der Waals surface area (Å²) in [5.74, 6) is 0.894. The van der Waals surface area contributed by atoms with Crippen LogP contribution in [0.3, 0.4) is 0 Å². The molecule has 0 unspecified atom stereocenters. The number of fused-ring (bicyclic) bond motifs is 1. The van der Waals surface area contributed by atoms with Crippen LogP contribution in [0.4, 0.5) is 19.1 Å². The van der Waals surface area contributed by atoms with Crippen molar-refractivity contribution < 1.29 is 22.7 Å². The number of pyridine rings is 1. The predicted molar refractivity (Wildman–Crippen MR) is 108 cm³/mol. The van der Waals surface area contributed by atoms with Crippen molar-refractivity contribution in [1.82, 2.24) is 19.9 Å². The molecule has 0 bridgehead atoms. The molecule has 1 aromatic carbocycles. The summed E-state index contributed by atoms with van der Waals surface area (Å²) in [6.07, 6.45) is -2.27. The molecule has 164 valence electrons. The molecule has 0 radical (unpaired) electrons. The summed E-state index contributed by atoms with van der Waals surface area (Å²) < 4.78 is 45.7. The summed E-state index contributed by atoms with van der Waals surface area (Å²) in [6, 6.07) is 9.79. The lowest BCUT2D eigenvalue weighted by Crippen LogP contribution is -2.41. The summed E-state index contributed by atoms with van der Waals surface area (Å²) in [5, 5.41) is 11.0. The molecule has 1 saturated heterocycles. The molecule has 31 heavy (non-hydrogen) atoms. The highest BCUT2D eigenvalue weighted by molar-refractivity contribution is 5.79. The molecule has 0 atom stereocenters. The monoisotopic (exact) mass is 433 g/mol. The average Bonchev–Trinajstić information content (AvgIpc) is 3.20. The van der Waals surface area contributed by atoms with Gasteiger partial charge in [0.1, 0.15) is 5.75 Å². The number of nitrogens with zero attached hydrogens (tertiary/aromatic N) is 4. The molecule has 1 fully saturated rings. The number of halogens is 3. The molecule has 7 nitrogen and oxygen atoms in total. The topological polar surface area (TPSA) is 71.8 Å². The number of anilines is 1. The molecule has 10 heteroatoms.